The van der Waals surface area contributed by atoms with E-state index in [-0.39, 0.29) is 11.3 Å². The first-order chi connectivity index (χ1) is 9.79. The van der Waals surface area contributed by atoms with Gasteiger partial charge in [-0.15, -0.1) is 0 Å². The normalized spacial score (nSPS) is 10.5. The van der Waals surface area contributed by atoms with E-state index < -0.39 is 11.7 Å². The van der Waals surface area contributed by atoms with Gasteiger partial charge in [0.2, 0.25) is 0 Å². The van der Waals surface area contributed by atoms with Gasteiger partial charge in [-0.2, -0.15) is 0 Å². The monoisotopic (exact) mass is 478 g/mol. The largest absolute Gasteiger partial charge is 0.398 e. The molecule has 0 heterocycles. The Morgan fingerprint density at radius 3 is 2.24 bits per heavy atom. The molecule has 0 aliphatic heterocycles. The fraction of sp³-hybridized carbons (Fsp3) is 0.0714. The maximum atomic E-state index is 13.7. The van der Waals surface area contributed by atoms with Crippen molar-refractivity contribution < 1.29 is 9.18 Å². The summed E-state index contributed by atoms with van der Waals surface area (Å²) in [7, 11) is 0. The molecule has 0 atom stereocenters. The van der Waals surface area contributed by atoms with Crippen LogP contribution in [-0.4, -0.2) is 5.91 Å². The van der Waals surface area contributed by atoms with Crippen molar-refractivity contribution in [1.82, 2.24) is 0 Å². The highest BCUT2D eigenvalue weighted by Crippen LogP contribution is 2.34. The Balaban J connectivity index is 2.35. The van der Waals surface area contributed by atoms with Crippen LogP contribution in [0, 0.1) is 12.7 Å². The van der Waals surface area contributed by atoms with Crippen molar-refractivity contribution in [3.63, 3.8) is 0 Å². The van der Waals surface area contributed by atoms with E-state index in [1.165, 1.54) is 12.1 Å². The zero-order valence-corrected chi connectivity index (χ0v) is 15.6. The maximum absolute atomic E-state index is 13.7. The van der Waals surface area contributed by atoms with Crippen LogP contribution in [0.1, 0.15) is 15.9 Å². The molecule has 110 valence electrons. The van der Waals surface area contributed by atoms with Crippen LogP contribution in [0.25, 0.3) is 0 Å². The van der Waals surface area contributed by atoms with Gasteiger partial charge in [-0.25, -0.2) is 4.39 Å². The standard InChI is InChI=1S/C14H10Br3FN2O/c1-6-11(18)2-7(3-12(6)19)14(21)20-13-9(16)4-8(15)5-10(13)17/h2-5H,19H2,1H3,(H,20,21). The summed E-state index contributed by atoms with van der Waals surface area (Å²) in [5, 5.41) is 2.72. The Morgan fingerprint density at radius 2 is 1.71 bits per heavy atom. The number of anilines is 2. The summed E-state index contributed by atoms with van der Waals surface area (Å²) < 4.78 is 15.9. The zero-order valence-electron chi connectivity index (χ0n) is 10.8. The van der Waals surface area contributed by atoms with Crippen LogP contribution in [-0.2, 0) is 0 Å². The summed E-state index contributed by atoms with van der Waals surface area (Å²) in [6.07, 6.45) is 0. The minimum absolute atomic E-state index is 0.164. The third kappa shape index (κ3) is 3.64. The van der Waals surface area contributed by atoms with E-state index in [1.807, 2.05) is 0 Å². The molecule has 0 unspecified atom stereocenters. The van der Waals surface area contributed by atoms with E-state index in [0.29, 0.717) is 20.2 Å². The molecule has 0 aliphatic carbocycles. The molecule has 21 heavy (non-hydrogen) atoms. The highest BCUT2D eigenvalue weighted by molar-refractivity contribution is 9.11. The molecule has 0 saturated heterocycles. The molecule has 7 heteroatoms. The van der Waals surface area contributed by atoms with Gasteiger partial charge in [-0.1, -0.05) is 15.9 Å². The number of amides is 1. The molecular formula is C14H10Br3FN2O. The van der Waals surface area contributed by atoms with Crippen molar-refractivity contribution in [3.8, 4) is 0 Å². The molecule has 0 fully saturated rings. The van der Waals surface area contributed by atoms with Gasteiger partial charge in [0, 0.05) is 30.2 Å². The number of hydrogen-bond acceptors (Lipinski definition) is 2. The SMILES string of the molecule is Cc1c(N)cc(C(=O)Nc2c(Br)cc(Br)cc2Br)cc1F. The second kappa shape index (κ2) is 6.46. The van der Waals surface area contributed by atoms with Crippen LogP contribution < -0.4 is 11.1 Å². The summed E-state index contributed by atoms with van der Waals surface area (Å²) in [6.45, 7) is 1.56. The van der Waals surface area contributed by atoms with Crippen LogP contribution in [0.2, 0.25) is 0 Å². The predicted octanol–water partition coefficient (Wildman–Crippen LogP) is 5.26. The molecule has 2 rings (SSSR count). The van der Waals surface area contributed by atoms with E-state index >= 15 is 0 Å². The highest BCUT2D eigenvalue weighted by Gasteiger charge is 2.14. The number of benzene rings is 2. The van der Waals surface area contributed by atoms with E-state index in [9.17, 15) is 9.18 Å². The third-order valence-electron chi connectivity index (χ3n) is 2.89. The number of nitrogens with two attached hydrogens (primary N) is 1. The Bertz CT molecular complexity index is 688. The van der Waals surface area contributed by atoms with E-state index in [0.717, 1.165) is 4.47 Å². The first-order valence-corrected chi connectivity index (χ1v) is 8.19. The molecule has 2 aromatic rings. The molecule has 0 radical (unpaired) electrons. The lowest BCUT2D eigenvalue weighted by Crippen LogP contribution is -2.14. The molecular weight excluding hydrogens is 471 g/mol. The topological polar surface area (TPSA) is 55.1 Å². The molecule has 0 aliphatic rings. The third-order valence-corrected chi connectivity index (χ3v) is 4.60. The van der Waals surface area contributed by atoms with E-state index in [4.69, 9.17) is 5.73 Å². The number of nitrogens with one attached hydrogen (secondary N) is 1. The minimum Gasteiger partial charge on any atom is -0.398 e. The zero-order chi connectivity index (χ0) is 15.7. The summed E-state index contributed by atoms with van der Waals surface area (Å²) in [5.74, 6) is -0.946. The fourth-order valence-corrected chi connectivity index (χ4v) is 4.14. The van der Waals surface area contributed by atoms with Crippen molar-refractivity contribution in [3.05, 3.63) is 54.6 Å². The van der Waals surface area contributed by atoms with Crippen LogP contribution in [0.5, 0.6) is 0 Å². The number of rotatable bonds is 2. The van der Waals surface area contributed by atoms with Crippen LogP contribution >= 0.6 is 47.8 Å². The lowest BCUT2D eigenvalue weighted by atomic mass is 10.1. The van der Waals surface area contributed by atoms with Gasteiger partial charge in [-0.3, -0.25) is 4.79 Å². The van der Waals surface area contributed by atoms with Crippen molar-refractivity contribution in [2.75, 3.05) is 11.1 Å². The van der Waals surface area contributed by atoms with E-state index in [2.05, 4.69) is 53.1 Å². The number of halogens is 4. The second-order valence-corrected chi connectivity index (χ2v) is 7.00. The average Bonchev–Trinajstić information content (AvgIpc) is 2.39. The molecule has 2 aromatic carbocycles. The molecule has 0 bridgehead atoms. The fourth-order valence-electron chi connectivity index (χ4n) is 1.68. The van der Waals surface area contributed by atoms with Crippen LogP contribution in [0.3, 0.4) is 0 Å². The van der Waals surface area contributed by atoms with Crippen molar-refractivity contribution in [2.24, 2.45) is 0 Å². The number of carbonyl (C=O) groups is 1. The molecule has 3 N–H and O–H groups in total. The Labute approximate surface area is 146 Å². The number of nitrogen functional groups attached to an aromatic ring is 1. The van der Waals surface area contributed by atoms with Crippen molar-refractivity contribution in [2.45, 2.75) is 6.92 Å². The smallest absolute Gasteiger partial charge is 0.255 e. The Morgan fingerprint density at radius 1 is 1.14 bits per heavy atom. The number of hydrogen-bond donors (Lipinski definition) is 2. The maximum Gasteiger partial charge on any atom is 0.255 e. The van der Waals surface area contributed by atoms with Gasteiger partial charge < -0.3 is 11.1 Å². The van der Waals surface area contributed by atoms with Crippen molar-refractivity contribution >= 4 is 65.1 Å². The lowest BCUT2D eigenvalue weighted by molar-refractivity contribution is 0.102. The van der Waals surface area contributed by atoms with Gasteiger partial charge in [-0.05, 0) is 63.0 Å². The minimum atomic E-state index is -0.505. The number of carbonyl (C=O) groups excluding carboxylic acids is 1. The highest BCUT2D eigenvalue weighted by atomic mass is 79.9. The molecule has 0 saturated carbocycles. The summed E-state index contributed by atoms with van der Waals surface area (Å²) in [6, 6.07) is 6.21. The van der Waals surface area contributed by atoms with Crippen molar-refractivity contribution in [1.29, 1.82) is 0 Å². The Hall–Kier alpha value is -0.920. The van der Waals surface area contributed by atoms with E-state index in [1.54, 1.807) is 19.1 Å². The summed E-state index contributed by atoms with van der Waals surface area (Å²) in [5.41, 5.74) is 6.99. The van der Waals surface area contributed by atoms with Gasteiger partial charge in [0.05, 0.1) is 5.69 Å². The lowest BCUT2D eigenvalue weighted by Gasteiger charge is -2.11. The van der Waals surface area contributed by atoms with Gasteiger partial charge >= 0.3 is 0 Å². The van der Waals surface area contributed by atoms with Crippen LogP contribution in [0.4, 0.5) is 15.8 Å². The second-order valence-electron chi connectivity index (χ2n) is 4.37. The first-order valence-electron chi connectivity index (χ1n) is 5.81. The van der Waals surface area contributed by atoms with Crippen LogP contribution in [0.15, 0.2) is 37.7 Å². The van der Waals surface area contributed by atoms with Gasteiger partial charge in [0.25, 0.3) is 5.91 Å². The molecule has 1 amide bonds. The predicted molar refractivity (Wildman–Crippen MR) is 93.0 cm³/mol. The summed E-state index contributed by atoms with van der Waals surface area (Å²) >= 11 is 10.1. The quantitative estimate of drug-likeness (QED) is 0.576. The van der Waals surface area contributed by atoms with Gasteiger partial charge in [0.15, 0.2) is 0 Å². The Kier molecular flexibility index (Phi) is 5.06. The molecule has 3 nitrogen and oxygen atoms in total. The molecule has 0 spiro atoms. The average molecular weight is 481 g/mol. The molecule has 0 aromatic heterocycles. The first kappa shape index (κ1) is 16.5. The van der Waals surface area contributed by atoms with Gasteiger partial charge in [0.1, 0.15) is 5.82 Å². The summed E-state index contributed by atoms with van der Waals surface area (Å²) in [4.78, 5) is 12.2.